The molecule has 8 heteroatoms. The number of methoxy groups -OCH3 is 1. The van der Waals surface area contributed by atoms with Gasteiger partial charge in [0.25, 0.3) is 0 Å². The van der Waals surface area contributed by atoms with E-state index >= 15 is 0 Å². The number of hydrogen-bond acceptors (Lipinski definition) is 5. The van der Waals surface area contributed by atoms with Crippen molar-refractivity contribution in [3.63, 3.8) is 0 Å². The summed E-state index contributed by atoms with van der Waals surface area (Å²) < 4.78 is 31.4. The Morgan fingerprint density at radius 1 is 1.26 bits per heavy atom. The van der Waals surface area contributed by atoms with Crippen molar-refractivity contribution in [1.29, 1.82) is 0 Å². The van der Waals surface area contributed by atoms with Gasteiger partial charge in [-0.2, -0.15) is 4.31 Å². The fourth-order valence-electron chi connectivity index (χ4n) is 2.67. The lowest BCUT2D eigenvalue weighted by atomic mass is 9.99. The monoisotopic (exact) mass is 340 g/mol. The minimum absolute atomic E-state index is 0.0356. The normalized spacial score (nSPS) is 17.0. The first kappa shape index (κ1) is 17.4. The number of esters is 1. The molecule has 2 rings (SSSR count). The van der Waals surface area contributed by atoms with Crippen molar-refractivity contribution in [2.24, 2.45) is 11.7 Å². The summed E-state index contributed by atoms with van der Waals surface area (Å²) in [7, 11) is -2.39. The number of amides is 1. The lowest BCUT2D eigenvalue weighted by molar-refractivity contribution is -0.146. The summed E-state index contributed by atoms with van der Waals surface area (Å²) in [5.41, 5.74) is 6.09. The molecule has 0 aliphatic carbocycles. The third-order valence-corrected chi connectivity index (χ3v) is 6.00. The van der Waals surface area contributed by atoms with Crippen molar-refractivity contribution in [3.8, 4) is 0 Å². The Kier molecular flexibility index (Phi) is 5.06. The molecule has 1 saturated heterocycles. The summed E-state index contributed by atoms with van der Waals surface area (Å²) in [6.45, 7) is 2.17. The zero-order valence-electron chi connectivity index (χ0n) is 13.1. The predicted molar refractivity (Wildman–Crippen MR) is 83.2 cm³/mol. The minimum Gasteiger partial charge on any atom is -0.469 e. The Balaban J connectivity index is 2.22. The van der Waals surface area contributed by atoms with Crippen LogP contribution < -0.4 is 5.73 Å². The number of carbonyl (C=O) groups is 2. The van der Waals surface area contributed by atoms with Crippen LogP contribution in [0.25, 0.3) is 0 Å². The predicted octanol–water partition coefficient (Wildman–Crippen LogP) is 0.668. The molecular weight excluding hydrogens is 320 g/mol. The third-order valence-electron chi connectivity index (χ3n) is 4.10. The average Bonchev–Trinajstić information content (AvgIpc) is 2.54. The highest BCUT2D eigenvalue weighted by molar-refractivity contribution is 7.89. The second kappa shape index (κ2) is 6.67. The van der Waals surface area contributed by atoms with Crippen LogP contribution in [0.15, 0.2) is 23.1 Å². The fraction of sp³-hybridized carbons (Fsp3) is 0.467. The molecule has 0 spiro atoms. The summed E-state index contributed by atoms with van der Waals surface area (Å²) in [6, 6.07) is 4.33. The Hall–Kier alpha value is -1.93. The van der Waals surface area contributed by atoms with Gasteiger partial charge in [-0.1, -0.05) is 6.07 Å². The average molecular weight is 340 g/mol. The van der Waals surface area contributed by atoms with E-state index in [2.05, 4.69) is 0 Å². The molecule has 0 atom stereocenters. The largest absolute Gasteiger partial charge is 0.469 e. The molecule has 0 unspecified atom stereocenters. The first-order valence-electron chi connectivity index (χ1n) is 7.25. The van der Waals surface area contributed by atoms with Crippen LogP contribution in [0.3, 0.4) is 0 Å². The zero-order valence-corrected chi connectivity index (χ0v) is 13.9. The van der Waals surface area contributed by atoms with Gasteiger partial charge in [-0.25, -0.2) is 8.42 Å². The number of aryl methyl sites for hydroxylation is 1. The molecule has 23 heavy (non-hydrogen) atoms. The molecule has 0 aromatic heterocycles. The van der Waals surface area contributed by atoms with Crippen molar-refractivity contribution in [2.75, 3.05) is 20.2 Å². The van der Waals surface area contributed by atoms with Crippen molar-refractivity contribution in [1.82, 2.24) is 4.31 Å². The van der Waals surface area contributed by atoms with E-state index in [-0.39, 0.29) is 35.4 Å². The lowest BCUT2D eigenvalue weighted by Crippen LogP contribution is -2.40. The smallest absolute Gasteiger partial charge is 0.308 e. The number of carbonyl (C=O) groups excluding carboxylic acids is 2. The SMILES string of the molecule is COC(=O)C1CCN(S(=O)(=O)c2ccc(C)c(C(N)=O)c2)CC1. The standard InChI is InChI=1S/C15H20N2O5S/c1-10-3-4-12(9-13(10)14(16)18)23(20,21)17-7-5-11(6-8-17)15(19)22-2/h3-4,9,11H,5-8H2,1-2H3,(H2,16,18). The summed E-state index contributed by atoms with van der Waals surface area (Å²) in [5.74, 6) is -1.25. The first-order valence-corrected chi connectivity index (χ1v) is 8.70. The molecule has 2 N–H and O–H groups in total. The number of piperidine rings is 1. The molecule has 1 aromatic rings. The molecule has 1 heterocycles. The van der Waals surface area contributed by atoms with Crippen LogP contribution in [0, 0.1) is 12.8 Å². The lowest BCUT2D eigenvalue weighted by Gasteiger charge is -2.30. The maximum Gasteiger partial charge on any atom is 0.308 e. The first-order chi connectivity index (χ1) is 10.8. The molecule has 1 aliphatic heterocycles. The number of hydrogen-bond donors (Lipinski definition) is 1. The van der Waals surface area contributed by atoms with Gasteiger partial charge in [0.1, 0.15) is 0 Å². The second-order valence-electron chi connectivity index (χ2n) is 5.54. The summed E-state index contributed by atoms with van der Waals surface area (Å²) >= 11 is 0. The Bertz CT molecular complexity index is 721. The quantitative estimate of drug-likeness (QED) is 0.811. The minimum atomic E-state index is -3.72. The zero-order chi connectivity index (χ0) is 17.2. The van der Waals surface area contributed by atoms with Crippen molar-refractivity contribution in [3.05, 3.63) is 29.3 Å². The van der Waals surface area contributed by atoms with Crippen LogP contribution in [-0.2, 0) is 19.6 Å². The molecule has 126 valence electrons. The molecule has 1 aromatic carbocycles. The van der Waals surface area contributed by atoms with Gasteiger partial charge in [-0.15, -0.1) is 0 Å². The van der Waals surface area contributed by atoms with Crippen LogP contribution in [0.4, 0.5) is 0 Å². The van der Waals surface area contributed by atoms with Crippen LogP contribution >= 0.6 is 0 Å². The van der Waals surface area contributed by atoms with E-state index in [9.17, 15) is 18.0 Å². The maximum atomic E-state index is 12.7. The van der Waals surface area contributed by atoms with Crippen molar-refractivity contribution >= 4 is 21.9 Å². The number of nitrogens with zero attached hydrogens (tertiary/aromatic N) is 1. The number of sulfonamides is 1. The van der Waals surface area contributed by atoms with Gasteiger partial charge < -0.3 is 10.5 Å². The third kappa shape index (κ3) is 3.53. The van der Waals surface area contributed by atoms with E-state index in [1.54, 1.807) is 13.0 Å². The molecule has 0 radical (unpaired) electrons. The Morgan fingerprint density at radius 3 is 2.39 bits per heavy atom. The highest BCUT2D eigenvalue weighted by Gasteiger charge is 2.32. The van der Waals surface area contributed by atoms with Gasteiger partial charge in [0.05, 0.1) is 17.9 Å². The van der Waals surface area contributed by atoms with Gasteiger partial charge >= 0.3 is 5.97 Å². The van der Waals surface area contributed by atoms with Crippen molar-refractivity contribution in [2.45, 2.75) is 24.7 Å². The highest BCUT2D eigenvalue weighted by atomic mass is 32.2. The van der Waals surface area contributed by atoms with Crippen LogP contribution in [0.2, 0.25) is 0 Å². The Labute approximate surface area is 135 Å². The maximum absolute atomic E-state index is 12.7. The van der Waals surface area contributed by atoms with E-state index in [1.165, 1.54) is 23.5 Å². The van der Waals surface area contributed by atoms with Crippen LogP contribution in [-0.4, -0.2) is 44.8 Å². The molecule has 1 aliphatic rings. The fourth-order valence-corrected chi connectivity index (χ4v) is 4.17. The second-order valence-corrected chi connectivity index (χ2v) is 7.48. The van der Waals surface area contributed by atoms with E-state index in [0.717, 1.165) is 0 Å². The van der Waals surface area contributed by atoms with Gasteiger partial charge in [0, 0.05) is 18.7 Å². The van der Waals surface area contributed by atoms with Gasteiger partial charge in [0.2, 0.25) is 15.9 Å². The highest BCUT2D eigenvalue weighted by Crippen LogP contribution is 2.25. The molecule has 1 amide bonds. The summed E-state index contributed by atoms with van der Waals surface area (Å²) in [4.78, 5) is 22.9. The molecule has 1 fully saturated rings. The summed E-state index contributed by atoms with van der Waals surface area (Å²) in [6.07, 6.45) is 0.834. The molecule has 0 bridgehead atoms. The van der Waals surface area contributed by atoms with Crippen LogP contribution in [0.5, 0.6) is 0 Å². The van der Waals surface area contributed by atoms with E-state index in [0.29, 0.717) is 18.4 Å². The molecular formula is C15H20N2O5S. The number of benzene rings is 1. The van der Waals surface area contributed by atoms with E-state index in [4.69, 9.17) is 10.5 Å². The van der Waals surface area contributed by atoms with Crippen molar-refractivity contribution < 1.29 is 22.7 Å². The number of ether oxygens (including phenoxy) is 1. The van der Waals surface area contributed by atoms with Gasteiger partial charge in [0.15, 0.2) is 0 Å². The Morgan fingerprint density at radius 2 is 1.87 bits per heavy atom. The molecule has 0 saturated carbocycles. The van der Waals surface area contributed by atoms with Crippen LogP contribution in [0.1, 0.15) is 28.8 Å². The topological polar surface area (TPSA) is 107 Å². The number of nitrogens with two attached hydrogens (primary N) is 1. The van der Waals surface area contributed by atoms with E-state index in [1.807, 2.05) is 0 Å². The van der Waals surface area contributed by atoms with E-state index < -0.39 is 15.9 Å². The molecule has 7 nitrogen and oxygen atoms in total. The summed E-state index contributed by atoms with van der Waals surface area (Å²) in [5, 5.41) is 0. The number of rotatable bonds is 4. The number of primary amides is 1. The van der Waals surface area contributed by atoms with Gasteiger partial charge in [-0.3, -0.25) is 9.59 Å². The van der Waals surface area contributed by atoms with Gasteiger partial charge in [-0.05, 0) is 37.5 Å².